The maximum absolute atomic E-state index is 13.1. The van der Waals surface area contributed by atoms with Gasteiger partial charge in [0, 0.05) is 6.07 Å². The summed E-state index contributed by atoms with van der Waals surface area (Å²) in [6.07, 6.45) is 0. The number of hydrogen-bond donors (Lipinski definition) is 3. The Morgan fingerprint density at radius 3 is 2.43 bits per heavy atom. The molecule has 0 fully saturated rings. The second-order valence-electron chi connectivity index (χ2n) is 2.76. The smallest absolute Gasteiger partial charge is 0.338 e. The lowest BCUT2D eigenvalue weighted by Gasteiger charge is -1.96. The van der Waals surface area contributed by atoms with Gasteiger partial charge in [-0.25, -0.2) is 14.0 Å². The maximum Gasteiger partial charge on any atom is 0.338 e. The molecule has 14 heavy (non-hydrogen) atoms. The second-order valence-corrected chi connectivity index (χ2v) is 2.76. The lowest BCUT2D eigenvalue weighted by molar-refractivity contribution is 0.0692. The average Bonchev–Trinajstić information content (AvgIpc) is 2.42. The van der Waals surface area contributed by atoms with Crippen molar-refractivity contribution >= 4 is 17.0 Å². The highest BCUT2D eigenvalue weighted by atomic mass is 19.1. The molecule has 2 aromatic rings. The van der Waals surface area contributed by atoms with Gasteiger partial charge in [0.05, 0.1) is 16.6 Å². The van der Waals surface area contributed by atoms with Crippen LogP contribution in [0.2, 0.25) is 0 Å². The highest BCUT2D eigenvalue weighted by Crippen LogP contribution is 2.14. The molecular formula is C8H5FN2O3. The van der Waals surface area contributed by atoms with Gasteiger partial charge in [-0.1, -0.05) is 0 Å². The van der Waals surface area contributed by atoms with Crippen molar-refractivity contribution in [2.45, 2.75) is 0 Å². The molecule has 0 amide bonds. The van der Waals surface area contributed by atoms with Crippen molar-refractivity contribution in [3.05, 3.63) is 34.0 Å². The normalized spacial score (nSPS) is 10.6. The van der Waals surface area contributed by atoms with Crippen LogP contribution in [0.25, 0.3) is 11.0 Å². The number of carboxylic acid groups (broad SMARTS) is 1. The molecule has 0 saturated carbocycles. The Bertz CT molecular complexity index is 569. The van der Waals surface area contributed by atoms with E-state index in [-0.39, 0.29) is 11.0 Å². The molecule has 0 atom stereocenters. The van der Waals surface area contributed by atoms with Gasteiger partial charge in [-0.3, -0.25) is 0 Å². The molecule has 0 bridgehead atoms. The number of carboxylic acids is 1. The van der Waals surface area contributed by atoms with Crippen LogP contribution >= 0.6 is 0 Å². The summed E-state index contributed by atoms with van der Waals surface area (Å²) in [6.45, 7) is 0. The van der Waals surface area contributed by atoms with Crippen molar-refractivity contribution in [3.63, 3.8) is 0 Å². The summed E-state index contributed by atoms with van der Waals surface area (Å²) >= 11 is 0. The van der Waals surface area contributed by atoms with Crippen molar-refractivity contribution < 1.29 is 14.3 Å². The van der Waals surface area contributed by atoms with Crippen LogP contribution in [-0.2, 0) is 0 Å². The van der Waals surface area contributed by atoms with Gasteiger partial charge in [0.25, 0.3) is 0 Å². The van der Waals surface area contributed by atoms with Crippen molar-refractivity contribution in [2.75, 3.05) is 0 Å². The number of hydrogen-bond acceptors (Lipinski definition) is 2. The van der Waals surface area contributed by atoms with Gasteiger partial charge in [0.1, 0.15) is 5.82 Å². The van der Waals surface area contributed by atoms with E-state index in [1.54, 1.807) is 0 Å². The minimum atomic E-state index is -1.37. The first-order valence-corrected chi connectivity index (χ1v) is 3.73. The Labute approximate surface area is 76.2 Å². The topological polar surface area (TPSA) is 85.9 Å². The number of nitrogens with one attached hydrogen (secondary N) is 2. The van der Waals surface area contributed by atoms with Gasteiger partial charge in [0.15, 0.2) is 0 Å². The maximum atomic E-state index is 13.1. The van der Waals surface area contributed by atoms with Crippen molar-refractivity contribution in [1.82, 2.24) is 9.97 Å². The molecule has 0 spiro atoms. The predicted octanol–water partition coefficient (Wildman–Crippen LogP) is 0.694. The fraction of sp³-hybridized carbons (Fsp3) is 0. The minimum Gasteiger partial charge on any atom is -0.478 e. The lowest BCUT2D eigenvalue weighted by Crippen LogP contribution is -2.00. The Balaban J connectivity index is 2.82. The molecule has 0 aliphatic carbocycles. The first-order valence-electron chi connectivity index (χ1n) is 3.73. The summed E-state index contributed by atoms with van der Waals surface area (Å²) in [7, 11) is 0. The zero-order valence-corrected chi connectivity index (χ0v) is 6.80. The van der Waals surface area contributed by atoms with E-state index in [2.05, 4.69) is 9.97 Å². The number of H-pyrrole nitrogens is 2. The molecule has 0 aliphatic rings. The van der Waals surface area contributed by atoms with Crippen molar-refractivity contribution in [1.29, 1.82) is 0 Å². The molecule has 0 radical (unpaired) electrons. The van der Waals surface area contributed by atoms with Gasteiger partial charge in [-0.15, -0.1) is 0 Å². The number of aromatic amines is 2. The molecule has 5 nitrogen and oxygen atoms in total. The van der Waals surface area contributed by atoms with Crippen LogP contribution in [0.5, 0.6) is 0 Å². The molecule has 0 unspecified atom stereocenters. The fourth-order valence-corrected chi connectivity index (χ4v) is 1.22. The lowest BCUT2D eigenvalue weighted by atomic mass is 10.2. The molecule has 2 rings (SSSR count). The summed E-state index contributed by atoms with van der Waals surface area (Å²) in [4.78, 5) is 26.0. The van der Waals surface area contributed by atoms with E-state index in [1.807, 2.05) is 0 Å². The first-order chi connectivity index (χ1) is 6.58. The van der Waals surface area contributed by atoms with Gasteiger partial charge >= 0.3 is 11.7 Å². The first kappa shape index (κ1) is 8.49. The number of aromatic nitrogens is 2. The molecule has 0 saturated heterocycles. The Hall–Kier alpha value is -2.11. The number of imidazole rings is 1. The van der Waals surface area contributed by atoms with Crippen molar-refractivity contribution in [3.8, 4) is 0 Å². The average molecular weight is 196 g/mol. The van der Waals surface area contributed by atoms with Crippen molar-refractivity contribution in [2.24, 2.45) is 0 Å². The Kier molecular flexibility index (Phi) is 1.63. The third kappa shape index (κ3) is 1.17. The van der Waals surface area contributed by atoms with E-state index in [0.29, 0.717) is 0 Å². The predicted molar refractivity (Wildman–Crippen MR) is 45.8 cm³/mol. The van der Waals surface area contributed by atoms with Crippen LogP contribution in [0.15, 0.2) is 16.9 Å². The highest BCUT2D eigenvalue weighted by Gasteiger charge is 2.12. The van der Waals surface area contributed by atoms with E-state index in [4.69, 9.17) is 5.11 Å². The zero-order chi connectivity index (χ0) is 10.3. The summed E-state index contributed by atoms with van der Waals surface area (Å²) in [6, 6.07) is 2.04. The molecule has 0 aliphatic heterocycles. The molecule has 6 heteroatoms. The summed E-state index contributed by atoms with van der Waals surface area (Å²) < 4.78 is 13.1. The van der Waals surface area contributed by atoms with Gasteiger partial charge in [0.2, 0.25) is 0 Å². The highest BCUT2D eigenvalue weighted by molar-refractivity contribution is 5.92. The minimum absolute atomic E-state index is 0.248. The molecule has 1 aromatic heterocycles. The number of carbonyl (C=O) groups is 1. The number of halogens is 1. The Morgan fingerprint density at radius 2 is 1.86 bits per heavy atom. The van der Waals surface area contributed by atoms with E-state index in [9.17, 15) is 14.0 Å². The van der Waals surface area contributed by atoms with Crippen LogP contribution in [-0.4, -0.2) is 21.0 Å². The molecule has 1 heterocycles. The third-order valence-electron chi connectivity index (χ3n) is 1.83. The second kappa shape index (κ2) is 2.69. The number of rotatable bonds is 1. The van der Waals surface area contributed by atoms with Crippen LogP contribution in [0.1, 0.15) is 10.4 Å². The SMILES string of the molecule is O=C(O)c1cc2[nH]c(=O)[nH]c2cc1F. The zero-order valence-electron chi connectivity index (χ0n) is 6.80. The van der Waals surface area contributed by atoms with E-state index in [0.717, 1.165) is 12.1 Å². The third-order valence-corrected chi connectivity index (χ3v) is 1.83. The molecular weight excluding hydrogens is 191 g/mol. The van der Waals surface area contributed by atoms with Crippen LogP contribution < -0.4 is 5.69 Å². The summed E-state index contributed by atoms with van der Waals surface area (Å²) in [5, 5.41) is 8.59. The van der Waals surface area contributed by atoms with Crippen LogP contribution in [0, 0.1) is 5.82 Å². The van der Waals surface area contributed by atoms with Crippen LogP contribution in [0.4, 0.5) is 4.39 Å². The Morgan fingerprint density at radius 1 is 1.29 bits per heavy atom. The number of aromatic carboxylic acids is 1. The molecule has 72 valence electrons. The quantitative estimate of drug-likeness (QED) is 0.627. The van der Waals surface area contributed by atoms with Gasteiger partial charge in [-0.2, -0.15) is 0 Å². The van der Waals surface area contributed by atoms with Gasteiger partial charge < -0.3 is 15.1 Å². The molecule has 1 aromatic carbocycles. The van der Waals surface area contributed by atoms with Crippen LogP contribution in [0.3, 0.4) is 0 Å². The fourth-order valence-electron chi connectivity index (χ4n) is 1.22. The number of fused-ring (bicyclic) bond motifs is 1. The summed E-state index contributed by atoms with van der Waals surface area (Å²) in [5.41, 5.74) is -0.444. The monoisotopic (exact) mass is 196 g/mol. The standard InChI is InChI=1S/C8H5FN2O3/c9-4-2-6-5(10-8(14)11-6)1-3(4)7(12)13/h1-2H,(H,12,13)(H2,10,11,14). The molecule has 3 N–H and O–H groups in total. The van der Waals surface area contributed by atoms with E-state index in [1.165, 1.54) is 0 Å². The number of benzene rings is 1. The van der Waals surface area contributed by atoms with Gasteiger partial charge in [-0.05, 0) is 6.07 Å². The van der Waals surface area contributed by atoms with E-state index < -0.39 is 23.0 Å². The van der Waals surface area contributed by atoms with E-state index >= 15 is 0 Å². The largest absolute Gasteiger partial charge is 0.478 e. The summed E-state index contributed by atoms with van der Waals surface area (Å²) in [5.74, 6) is -2.24.